The van der Waals surface area contributed by atoms with Crippen LogP contribution in [0.5, 0.6) is 5.75 Å². The molecule has 2 amide bonds. The van der Waals surface area contributed by atoms with Crippen molar-refractivity contribution in [1.82, 2.24) is 10.2 Å². The average molecular weight is 459 g/mol. The molecule has 0 fully saturated rings. The van der Waals surface area contributed by atoms with E-state index < -0.39 is 6.04 Å². The Bertz CT molecular complexity index is 1020. The number of ether oxygens (including phenoxy) is 1. The molecule has 3 rings (SSSR count). The summed E-state index contributed by atoms with van der Waals surface area (Å²) in [4.78, 5) is 28.7. The predicted octanol–water partition coefficient (Wildman–Crippen LogP) is 5.31. The molecule has 0 aliphatic rings. The topological polar surface area (TPSA) is 58.6 Å². The second-order valence-corrected chi connectivity index (χ2v) is 8.31. The maximum Gasteiger partial charge on any atom is 0.247 e. The van der Waals surface area contributed by atoms with E-state index in [-0.39, 0.29) is 11.8 Å². The molecule has 0 saturated carbocycles. The predicted molar refractivity (Wildman–Crippen MR) is 135 cm³/mol. The van der Waals surface area contributed by atoms with E-state index in [2.05, 4.69) is 12.2 Å². The summed E-state index contributed by atoms with van der Waals surface area (Å²) < 4.78 is 5.27. The van der Waals surface area contributed by atoms with Crippen LogP contribution in [0.4, 0.5) is 0 Å². The lowest BCUT2D eigenvalue weighted by molar-refractivity contribution is -0.141. The van der Waals surface area contributed by atoms with Crippen LogP contribution in [0.25, 0.3) is 0 Å². The lowest BCUT2D eigenvalue weighted by atomic mass is 10.0. The van der Waals surface area contributed by atoms with Crippen molar-refractivity contribution in [3.8, 4) is 5.75 Å². The molecule has 34 heavy (non-hydrogen) atoms. The lowest BCUT2D eigenvalue weighted by Crippen LogP contribution is -2.43. The number of aryl methyl sites for hydroxylation is 1. The van der Waals surface area contributed by atoms with E-state index in [0.717, 1.165) is 35.3 Å². The van der Waals surface area contributed by atoms with Gasteiger partial charge in [-0.1, -0.05) is 86.1 Å². The molecule has 0 aliphatic carbocycles. The van der Waals surface area contributed by atoms with Gasteiger partial charge in [0.25, 0.3) is 0 Å². The molecular weight excluding hydrogens is 424 g/mol. The summed E-state index contributed by atoms with van der Waals surface area (Å²) >= 11 is 0. The lowest BCUT2D eigenvalue weighted by Gasteiger charge is -2.32. The first kappa shape index (κ1) is 25.0. The summed E-state index contributed by atoms with van der Waals surface area (Å²) in [5.41, 5.74) is 2.85. The standard InChI is InChI=1S/C29H34N2O3/c1-3-4-21-30-29(33)28(25-13-9-6-10-14-25)31(22-24-15-18-26(34-2)19-16-24)27(32)20-17-23-11-7-5-8-12-23/h5-16,18-19,28H,3-4,17,20-22H2,1-2H3,(H,30,33)/t28-/m0/s1. The maximum absolute atomic E-state index is 13.6. The van der Waals surface area contributed by atoms with Gasteiger partial charge in [-0.25, -0.2) is 0 Å². The molecule has 0 radical (unpaired) electrons. The van der Waals surface area contributed by atoms with Gasteiger partial charge in [0.2, 0.25) is 11.8 Å². The summed E-state index contributed by atoms with van der Waals surface area (Å²) in [6.07, 6.45) is 2.83. The van der Waals surface area contributed by atoms with E-state index in [4.69, 9.17) is 4.74 Å². The first-order chi connectivity index (χ1) is 16.6. The maximum atomic E-state index is 13.6. The van der Waals surface area contributed by atoms with Crippen molar-refractivity contribution in [2.24, 2.45) is 0 Å². The Balaban J connectivity index is 1.90. The van der Waals surface area contributed by atoms with Gasteiger partial charge in [-0.15, -0.1) is 0 Å². The molecule has 0 heterocycles. The van der Waals surface area contributed by atoms with E-state index in [9.17, 15) is 9.59 Å². The fourth-order valence-electron chi connectivity index (χ4n) is 3.88. The summed E-state index contributed by atoms with van der Waals surface area (Å²) in [6.45, 7) is 3.01. The van der Waals surface area contributed by atoms with Crippen molar-refractivity contribution in [2.45, 2.75) is 45.2 Å². The number of carbonyl (C=O) groups excluding carboxylic acids is 2. The van der Waals surface area contributed by atoms with Crippen molar-refractivity contribution >= 4 is 11.8 Å². The number of amides is 2. The van der Waals surface area contributed by atoms with E-state index in [0.29, 0.717) is 25.9 Å². The van der Waals surface area contributed by atoms with Gasteiger partial charge < -0.3 is 15.0 Å². The molecule has 0 saturated heterocycles. The molecule has 3 aromatic rings. The van der Waals surface area contributed by atoms with Crippen LogP contribution in [0.1, 0.15) is 48.9 Å². The molecule has 0 unspecified atom stereocenters. The largest absolute Gasteiger partial charge is 0.497 e. The Morgan fingerprint density at radius 1 is 0.882 bits per heavy atom. The molecule has 3 aromatic carbocycles. The molecule has 178 valence electrons. The number of carbonyl (C=O) groups is 2. The number of nitrogens with zero attached hydrogens (tertiary/aromatic N) is 1. The molecule has 0 bridgehead atoms. The number of unbranched alkanes of at least 4 members (excludes halogenated alkanes) is 1. The number of hydrogen-bond acceptors (Lipinski definition) is 3. The van der Waals surface area contributed by atoms with Gasteiger partial charge in [0.15, 0.2) is 0 Å². The zero-order valence-electron chi connectivity index (χ0n) is 20.1. The van der Waals surface area contributed by atoms with Gasteiger partial charge in [-0.3, -0.25) is 9.59 Å². The zero-order valence-corrected chi connectivity index (χ0v) is 20.1. The van der Waals surface area contributed by atoms with Crippen LogP contribution < -0.4 is 10.1 Å². The minimum atomic E-state index is -0.705. The van der Waals surface area contributed by atoms with Crippen LogP contribution in [-0.4, -0.2) is 30.4 Å². The smallest absolute Gasteiger partial charge is 0.247 e. The van der Waals surface area contributed by atoms with Crippen LogP contribution in [0.15, 0.2) is 84.9 Å². The van der Waals surface area contributed by atoms with E-state index >= 15 is 0 Å². The van der Waals surface area contributed by atoms with Crippen molar-refractivity contribution in [3.63, 3.8) is 0 Å². The van der Waals surface area contributed by atoms with E-state index in [1.54, 1.807) is 12.0 Å². The first-order valence-corrected chi connectivity index (χ1v) is 11.9. The van der Waals surface area contributed by atoms with Crippen molar-refractivity contribution < 1.29 is 14.3 Å². The van der Waals surface area contributed by atoms with Crippen LogP contribution in [0.3, 0.4) is 0 Å². The highest BCUT2D eigenvalue weighted by atomic mass is 16.5. The summed E-state index contributed by atoms with van der Waals surface area (Å²) in [7, 11) is 1.63. The molecular formula is C29H34N2O3. The van der Waals surface area contributed by atoms with Crippen LogP contribution >= 0.6 is 0 Å². The molecule has 5 nitrogen and oxygen atoms in total. The summed E-state index contributed by atoms with van der Waals surface area (Å²) in [5, 5.41) is 3.04. The zero-order chi connectivity index (χ0) is 24.2. The fraction of sp³-hybridized carbons (Fsp3) is 0.310. The van der Waals surface area contributed by atoms with Crippen LogP contribution in [0.2, 0.25) is 0 Å². The Labute approximate surface area is 202 Å². The van der Waals surface area contributed by atoms with E-state index in [1.165, 1.54) is 0 Å². The van der Waals surface area contributed by atoms with Gasteiger partial charge in [0.1, 0.15) is 11.8 Å². The second kappa shape index (κ2) is 13.2. The highest BCUT2D eigenvalue weighted by molar-refractivity contribution is 5.88. The summed E-state index contributed by atoms with van der Waals surface area (Å²) in [5.74, 6) is 0.544. The second-order valence-electron chi connectivity index (χ2n) is 8.31. The molecule has 1 atom stereocenters. The Morgan fingerprint density at radius 2 is 1.53 bits per heavy atom. The minimum absolute atomic E-state index is 0.0563. The monoisotopic (exact) mass is 458 g/mol. The average Bonchev–Trinajstić information content (AvgIpc) is 2.88. The van der Waals surface area contributed by atoms with Crippen LogP contribution in [0, 0.1) is 0 Å². The molecule has 5 heteroatoms. The molecule has 0 spiro atoms. The quantitative estimate of drug-likeness (QED) is 0.374. The third-order valence-electron chi connectivity index (χ3n) is 5.81. The third-order valence-corrected chi connectivity index (χ3v) is 5.81. The number of nitrogens with one attached hydrogen (secondary N) is 1. The fourth-order valence-corrected chi connectivity index (χ4v) is 3.88. The van der Waals surface area contributed by atoms with E-state index in [1.807, 2.05) is 84.9 Å². The number of benzene rings is 3. The number of hydrogen-bond donors (Lipinski definition) is 1. The van der Waals surface area contributed by atoms with Crippen LogP contribution in [-0.2, 0) is 22.6 Å². The molecule has 0 aliphatic heterocycles. The SMILES string of the molecule is CCCCNC(=O)[C@H](c1ccccc1)N(Cc1ccc(OC)cc1)C(=O)CCc1ccccc1. The number of methoxy groups -OCH3 is 1. The number of rotatable bonds is 12. The Kier molecular flexibility index (Phi) is 9.71. The molecule has 1 N–H and O–H groups in total. The normalized spacial score (nSPS) is 11.5. The highest BCUT2D eigenvalue weighted by Crippen LogP contribution is 2.26. The van der Waals surface area contributed by atoms with Gasteiger partial charge in [0, 0.05) is 19.5 Å². The van der Waals surface area contributed by atoms with Crippen molar-refractivity contribution in [3.05, 3.63) is 102 Å². The van der Waals surface area contributed by atoms with Gasteiger partial charge in [-0.2, -0.15) is 0 Å². The van der Waals surface area contributed by atoms with Crippen molar-refractivity contribution in [2.75, 3.05) is 13.7 Å². The highest BCUT2D eigenvalue weighted by Gasteiger charge is 2.31. The Hall–Kier alpha value is -3.60. The van der Waals surface area contributed by atoms with Gasteiger partial charge >= 0.3 is 0 Å². The third kappa shape index (κ3) is 7.20. The van der Waals surface area contributed by atoms with Gasteiger partial charge in [0.05, 0.1) is 7.11 Å². The Morgan fingerprint density at radius 3 is 2.15 bits per heavy atom. The summed E-state index contributed by atoms with van der Waals surface area (Å²) in [6, 6.07) is 26.4. The minimum Gasteiger partial charge on any atom is -0.497 e. The molecule has 0 aromatic heterocycles. The first-order valence-electron chi connectivity index (χ1n) is 11.9. The van der Waals surface area contributed by atoms with Gasteiger partial charge in [-0.05, 0) is 41.7 Å². The van der Waals surface area contributed by atoms with Crippen molar-refractivity contribution in [1.29, 1.82) is 0 Å².